The van der Waals surface area contributed by atoms with Gasteiger partial charge in [-0.15, -0.1) is 24.0 Å². The second-order valence-corrected chi connectivity index (χ2v) is 7.35. The standard InChI is InChI=1S/C18H28N4OS.HI/c1-3-6-17(23)22-15-8-4-7-14(11-15)12-20-18(19-2)21-13-16-9-5-10-24-16;/h4,7-8,11,16H,3,5-6,9-10,12-13H2,1-2H3,(H,22,23)(H2,19,20,21);1H. The number of halogens is 1. The van der Waals surface area contributed by atoms with Crippen LogP contribution in [0.15, 0.2) is 29.3 Å². The molecule has 1 heterocycles. The second-order valence-electron chi connectivity index (χ2n) is 5.94. The van der Waals surface area contributed by atoms with E-state index in [9.17, 15) is 4.79 Å². The SMILES string of the molecule is CCCC(=O)Nc1cccc(CNC(=NC)NCC2CCCS2)c1.I. The maximum Gasteiger partial charge on any atom is 0.224 e. The van der Waals surface area contributed by atoms with Gasteiger partial charge in [-0.05, 0) is 42.7 Å². The number of aliphatic imine (C=N–C) groups is 1. The predicted molar refractivity (Wildman–Crippen MR) is 119 cm³/mol. The molecule has 0 aromatic heterocycles. The minimum absolute atomic E-state index is 0. The number of rotatable bonds is 7. The Bertz CT molecular complexity index is 562. The largest absolute Gasteiger partial charge is 0.355 e. The molecule has 140 valence electrons. The summed E-state index contributed by atoms with van der Waals surface area (Å²) in [5.41, 5.74) is 1.96. The molecule has 2 rings (SSSR count). The highest BCUT2D eigenvalue weighted by Gasteiger charge is 2.15. The van der Waals surface area contributed by atoms with Gasteiger partial charge in [-0.2, -0.15) is 11.8 Å². The van der Waals surface area contributed by atoms with Gasteiger partial charge in [-0.25, -0.2) is 0 Å². The van der Waals surface area contributed by atoms with Gasteiger partial charge >= 0.3 is 0 Å². The van der Waals surface area contributed by atoms with Gasteiger partial charge in [0.25, 0.3) is 0 Å². The number of carbonyl (C=O) groups is 1. The van der Waals surface area contributed by atoms with E-state index in [4.69, 9.17) is 0 Å². The van der Waals surface area contributed by atoms with Gasteiger partial charge in [0.2, 0.25) is 5.91 Å². The first-order chi connectivity index (χ1) is 11.7. The minimum Gasteiger partial charge on any atom is -0.355 e. The van der Waals surface area contributed by atoms with Crippen molar-refractivity contribution >= 4 is 53.3 Å². The Morgan fingerprint density at radius 2 is 2.20 bits per heavy atom. The molecule has 5 nitrogen and oxygen atoms in total. The molecule has 0 radical (unpaired) electrons. The zero-order valence-corrected chi connectivity index (χ0v) is 18.2. The Kier molecular flexibility index (Phi) is 11.0. The van der Waals surface area contributed by atoms with E-state index in [1.807, 2.05) is 43.0 Å². The van der Waals surface area contributed by atoms with Crippen LogP contribution in [0, 0.1) is 0 Å². The Morgan fingerprint density at radius 1 is 1.36 bits per heavy atom. The van der Waals surface area contributed by atoms with Gasteiger partial charge in [0.1, 0.15) is 0 Å². The van der Waals surface area contributed by atoms with Crippen molar-refractivity contribution in [3.8, 4) is 0 Å². The van der Waals surface area contributed by atoms with Crippen molar-refractivity contribution in [1.29, 1.82) is 0 Å². The number of thioether (sulfide) groups is 1. The van der Waals surface area contributed by atoms with Gasteiger partial charge < -0.3 is 16.0 Å². The van der Waals surface area contributed by atoms with Crippen LogP contribution in [-0.2, 0) is 11.3 Å². The van der Waals surface area contributed by atoms with Crippen molar-refractivity contribution in [1.82, 2.24) is 10.6 Å². The van der Waals surface area contributed by atoms with Crippen molar-refractivity contribution in [3.63, 3.8) is 0 Å². The fourth-order valence-electron chi connectivity index (χ4n) is 2.63. The first-order valence-electron chi connectivity index (χ1n) is 8.66. The van der Waals surface area contributed by atoms with E-state index >= 15 is 0 Å². The van der Waals surface area contributed by atoms with Gasteiger partial charge in [0.15, 0.2) is 5.96 Å². The zero-order valence-electron chi connectivity index (χ0n) is 15.0. The van der Waals surface area contributed by atoms with E-state index in [2.05, 4.69) is 20.9 Å². The number of guanidine groups is 1. The molecular formula is C18H29IN4OS. The number of nitrogens with one attached hydrogen (secondary N) is 3. The van der Waals surface area contributed by atoms with Crippen LogP contribution in [0.2, 0.25) is 0 Å². The molecule has 0 aliphatic carbocycles. The van der Waals surface area contributed by atoms with Crippen LogP contribution in [0.25, 0.3) is 0 Å². The van der Waals surface area contributed by atoms with Gasteiger partial charge in [0, 0.05) is 37.5 Å². The van der Waals surface area contributed by atoms with E-state index < -0.39 is 0 Å². The van der Waals surface area contributed by atoms with Crippen LogP contribution in [0.5, 0.6) is 0 Å². The lowest BCUT2D eigenvalue weighted by Crippen LogP contribution is -2.39. The molecule has 1 amide bonds. The lowest BCUT2D eigenvalue weighted by atomic mass is 10.2. The molecule has 0 bridgehead atoms. The van der Waals surface area contributed by atoms with Crippen LogP contribution in [0.1, 0.15) is 38.2 Å². The number of nitrogens with zero attached hydrogens (tertiary/aromatic N) is 1. The molecule has 0 spiro atoms. The summed E-state index contributed by atoms with van der Waals surface area (Å²) in [5.74, 6) is 2.16. The third-order valence-electron chi connectivity index (χ3n) is 3.89. The molecule has 0 saturated carbocycles. The Balaban J connectivity index is 0.00000312. The maximum absolute atomic E-state index is 11.7. The molecule has 25 heavy (non-hydrogen) atoms. The van der Waals surface area contributed by atoms with Gasteiger partial charge in [0.05, 0.1) is 0 Å². The van der Waals surface area contributed by atoms with Crippen LogP contribution < -0.4 is 16.0 Å². The number of amides is 1. The number of benzene rings is 1. The number of anilines is 1. The minimum atomic E-state index is 0. The molecule has 1 aromatic carbocycles. The van der Waals surface area contributed by atoms with Crippen LogP contribution in [0.3, 0.4) is 0 Å². The van der Waals surface area contributed by atoms with Crippen molar-refractivity contribution in [2.24, 2.45) is 4.99 Å². The third-order valence-corrected chi connectivity index (χ3v) is 5.29. The Labute approximate surface area is 172 Å². The second kappa shape index (κ2) is 12.4. The quantitative estimate of drug-likeness (QED) is 0.320. The van der Waals surface area contributed by atoms with Gasteiger partial charge in [-0.1, -0.05) is 19.1 Å². The first-order valence-corrected chi connectivity index (χ1v) is 9.71. The predicted octanol–water partition coefficient (Wildman–Crippen LogP) is 3.60. The molecular weight excluding hydrogens is 447 g/mol. The molecule has 7 heteroatoms. The Morgan fingerprint density at radius 3 is 2.88 bits per heavy atom. The summed E-state index contributed by atoms with van der Waals surface area (Å²) in [6.07, 6.45) is 4.01. The molecule has 1 aliphatic rings. The number of hydrogen-bond acceptors (Lipinski definition) is 3. The maximum atomic E-state index is 11.7. The monoisotopic (exact) mass is 476 g/mol. The number of hydrogen-bond donors (Lipinski definition) is 3. The van der Waals surface area contributed by atoms with E-state index in [1.165, 1.54) is 18.6 Å². The summed E-state index contributed by atoms with van der Waals surface area (Å²) in [6, 6.07) is 7.93. The highest BCUT2D eigenvalue weighted by Crippen LogP contribution is 2.25. The molecule has 1 saturated heterocycles. The molecule has 1 aromatic rings. The topological polar surface area (TPSA) is 65.5 Å². The van der Waals surface area contributed by atoms with E-state index in [-0.39, 0.29) is 29.9 Å². The summed E-state index contributed by atoms with van der Waals surface area (Å²) >= 11 is 2.04. The fourth-order valence-corrected chi connectivity index (χ4v) is 3.83. The fraction of sp³-hybridized carbons (Fsp3) is 0.556. The molecule has 1 aliphatic heterocycles. The summed E-state index contributed by atoms with van der Waals surface area (Å²) in [4.78, 5) is 16.0. The summed E-state index contributed by atoms with van der Waals surface area (Å²) in [7, 11) is 1.79. The summed E-state index contributed by atoms with van der Waals surface area (Å²) in [6.45, 7) is 3.63. The average Bonchev–Trinajstić information content (AvgIpc) is 3.09. The first kappa shape index (κ1) is 22.1. The smallest absolute Gasteiger partial charge is 0.224 e. The van der Waals surface area contributed by atoms with Crippen LogP contribution >= 0.6 is 35.7 Å². The van der Waals surface area contributed by atoms with E-state index in [0.717, 1.165) is 30.2 Å². The molecule has 3 N–H and O–H groups in total. The number of carbonyl (C=O) groups excluding carboxylic acids is 1. The summed E-state index contributed by atoms with van der Waals surface area (Å²) < 4.78 is 0. The third kappa shape index (κ3) is 8.31. The van der Waals surface area contributed by atoms with Crippen molar-refractivity contribution < 1.29 is 4.79 Å². The van der Waals surface area contributed by atoms with Crippen LogP contribution in [0.4, 0.5) is 5.69 Å². The Hall–Kier alpha value is -0.960. The lowest BCUT2D eigenvalue weighted by Gasteiger charge is -2.15. The van der Waals surface area contributed by atoms with Crippen LogP contribution in [-0.4, -0.2) is 36.5 Å². The summed E-state index contributed by atoms with van der Waals surface area (Å²) in [5, 5.41) is 10.4. The highest BCUT2D eigenvalue weighted by atomic mass is 127. The molecule has 1 atom stereocenters. The van der Waals surface area contributed by atoms with E-state index in [1.54, 1.807) is 7.05 Å². The van der Waals surface area contributed by atoms with Crippen molar-refractivity contribution in [3.05, 3.63) is 29.8 Å². The van der Waals surface area contributed by atoms with Crippen molar-refractivity contribution in [2.75, 3.05) is 24.7 Å². The van der Waals surface area contributed by atoms with Gasteiger partial charge in [-0.3, -0.25) is 9.79 Å². The molecule has 1 unspecified atom stereocenters. The normalized spacial score (nSPS) is 16.9. The molecule has 1 fully saturated rings. The average molecular weight is 476 g/mol. The highest BCUT2D eigenvalue weighted by molar-refractivity contribution is 14.0. The zero-order chi connectivity index (χ0) is 17.2. The van der Waals surface area contributed by atoms with Crippen molar-refractivity contribution in [2.45, 2.75) is 44.4 Å². The van der Waals surface area contributed by atoms with E-state index in [0.29, 0.717) is 18.2 Å². The lowest BCUT2D eigenvalue weighted by molar-refractivity contribution is -0.116.